The fourth-order valence-electron chi connectivity index (χ4n) is 2.19. The monoisotopic (exact) mass is 303 g/mol. The molecule has 0 saturated heterocycles. The number of fused-ring (bicyclic) bond motifs is 1. The van der Waals surface area contributed by atoms with Crippen molar-refractivity contribution in [2.24, 2.45) is 0 Å². The van der Waals surface area contributed by atoms with Crippen LogP contribution in [0.5, 0.6) is 0 Å². The van der Waals surface area contributed by atoms with Gasteiger partial charge in [0.05, 0.1) is 16.7 Å². The van der Waals surface area contributed by atoms with E-state index in [1.807, 2.05) is 0 Å². The van der Waals surface area contributed by atoms with Gasteiger partial charge in [-0.25, -0.2) is 8.91 Å². The maximum absolute atomic E-state index is 13.6. The highest BCUT2D eigenvalue weighted by Crippen LogP contribution is 2.32. The number of rotatable bonds is 2. The molecular weight excluding hydrogens is 293 g/mol. The van der Waals surface area contributed by atoms with Crippen molar-refractivity contribution >= 4 is 23.0 Å². The molecule has 2 heterocycles. The minimum atomic E-state index is -0.490. The van der Waals surface area contributed by atoms with Gasteiger partial charge in [-0.05, 0) is 18.2 Å². The lowest BCUT2D eigenvalue weighted by Gasteiger charge is -2.05. The van der Waals surface area contributed by atoms with Gasteiger partial charge in [-0.2, -0.15) is 5.10 Å². The summed E-state index contributed by atoms with van der Waals surface area (Å²) in [5.74, 6) is -0.689. The van der Waals surface area contributed by atoms with Crippen LogP contribution in [-0.2, 0) is 0 Å². The van der Waals surface area contributed by atoms with Gasteiger partial charge < -0.3 is 5.32 Å². The fourth-order valence-corrected chi connectivity index (χ4v) is 2.41. The van der Waals surface area contributed by atoms with Crippen molar-refractivity contribution in [3.05, 3.63) is 59.1 Å². The first-order valence-corrected chi connectivity index (χ1v) is 6.63. The molecule has 0 radical (unpaired) electrons. The molecule has 21 heavy (non-hydrogen) atoms. The predicted octanol–water partition coefficient (Wildman–Crippen LogP) is 3.15. The molecule has 2 aromatic heterocycles. The van der Waals surface area contributed by atoms with Gasteiger partial charge in [-0.15, -0.1) is 0 Å². The Bertz CT molecular complexity index is 844. The van der Waals surface area contributed by atoms with Crippen LogP contribution in [0.3, 0.4) is 0 Å². The van der Waals surface area contributed by atoms with E-state index in [0.717, 1.165) is 0 Å². The van der Waals surface area contributed by atoms with E-state index < -0.39 is 5.82 Å². The molecule has 1 aromatic carbocycles. The smallest absolute Gasteiger partial charge is 0.251 e. The molecule has 0 spiro atoms. The average molecular weight is 304 g/mol. The summed E-state index contributed by atoms with van der Waals surface area (Å²) in [7, 11) is 1.56. The molecule has 0 unspecified atom stereocenters. The van der Waals surface area contributed by atoms with Gasteiger partial charge in [0.25, 0.3) is 5.91 Å². The first kappa shape index (κ1) is 13.6. The highest BCUT2D eigenvalue weighted by molar-refractivity contribution is 6.33. The van der Waals surface area contributed by atoms with Crippen LogP contribution in [0.4, 0.5) is 4.39 Å². The normalized spacial score (nSPS) is 10.8. The molecular formula is C15H11ClFN3O. The van der Waals surface area contributed by atoms with Crippen LogP contribution in [-0.4, -0.2) is 22.6 Å². The Morgan fingerprint density at radius 3 is 2.90 bits per heavy atom. The molecule has 106 valence electrons. The Labute approximate surface area is 125 Å². The molecule has 0 aliphatic carbocycles. The largest absolute Gasteiger partial charge is 0.355 e. The molecule has 0 fully saturated rings. The third-order valence-electron chi connectivity index (χ3n) is 3.25. The number of amides is 1. The van der Waals surface area contributed by atoms with Crippen LogP contribution in [0.25, 0.3) is 16.6 Å². The lowest BCUT2D eigenvalue weighted by molar-refractivity contribution is 0.0963. The summed E-state index contributed by atoms with van der Waals surface area (Å²) in [5, 5.41) is 6.80. The molecule has 6 heteroatoms. The van der Waals surface area contributed by atoms with E-state index in [4.69, 9.17) is 11.6 Å². The van der Waals surface area contributed by atoms with Crippen molar-refractivity contribution < 1.29 is 9.18 Å². The van der Waals surface area contributed by atoms with Gasteiger partial charge >= 0.3 is 0 Å². The Morgan fingerprint density at radius 2 is 2.14 bits per heavy atom. The third kappa shape index (κ3) is 2.25. The highest BCUT2D eigenvalue weighted by Gasteiger charge is 2.14. The van der Waals surface area contributed by atoms with Crippen LogP contribution >= 0.6 is 11.6 Å². The van der Waals surface area contributed by atoms with E-state index in [0.29, 0.717) is 22.2 Å². The molecule has 0 aliphatic rings. The third-order valence-corrected chi connectivity index (χ3v) is 3.64. The Morgan fingerprint density at radius 1 is 1.33 bits per heavy atom. The van der Waals surface area contributed by atoms with Crippen LogP contribution in [0.2, 0.25) is 5.02 Å². The Kier molecular flexibility index (Phi) is 3.35. The van der Waals surface area contributed by atoms with Crippen molar-refractivity contribution in [2.45, 2.75) is 0 Å². The summed E-state index contributed by atoms with van der Waals surface area (Å²) in [4.78, 5) is 11.7. The van der Waals surface area contributed by atoms with E-state index in [-0.39, 0.29) is 10.9 Å². The van der Waals surface area contributed by atoms with Gasteiger partial charge in [0.2, 0.25) is 0 Å². The number of nitrogens with one attached hydrogen (secondary N) is 1. The second-order valence-electron chi connectivity index (χ2n) is 4.48. The number of pyridine rings is 1. The molecule has 1 amide bonds. The van der Waals surface area contributed by atoms with E-state index in [1.165, 1.54) is 6.07 Å². The molecule has 0 atom stereocenters. The van der Waals surface area contributed by atoms with E-state index >= 15 is 0 Å². The van der Waals surface area contributed by atoms with Gasteiger partial charge in [0.1, 0.15) is 5.82 Å². The van der Waals surface area contributed by atoms with Gasteiger partial charge in [-0.1, -0.05) is 23.7 Å². The fraction of sp³-hybridized carbons (Fsp3) is 0.0667. The lowest BCUT2D eigenvalue weighted by Crippen LogP contribution is -2.17. The molecule has 3 aromatic rings. The number of aromatic nitrogens is 2. The van der Waals surface area contributed by atoms with E-state index in [2.05, 4.69) is 10.4 Å². The first-order chi connectivity index (χ1) is 10.1. The molecule has 0 bridgehead atoms. The lowest BCUT2D eigenvalue weighted by atomic mass is 10.1. The molecule has 0 saturated carbocycles. The SMILES string of the molecule is CNC(=O)c1ccn2ncc(-c3cccc(F)c3Cl)c2c1. The Hall–Kier alpha value is -2.40. The Balaban J connectivity index is 2.23. The van der Waals surface area contributed by atoms with Crippen LogP contribution < -0.4 is 5.32 Å². The van der Waals surface area contributed by atoms with E-state index in [1.54, 1.807) is 48.2 Å². The van der Waals surface area contributed by atoms with Crippen molar-refractivity contribution in [3.8, 4) is 11.1 Å². The van der Waals surface area contributed by atoms with Crippen LogP contribution in [0.15, 0.2) is 42.7 Å². The van der Waals surface area contributed by atoms with Crippen molar-refractivity contribution in [3.63, 3.8) is 0 Å². The summed E-state index contributed by atoms with van der Waals surface area (Å²) in [6.07, 6.45) is 3.28. The maximum Gasteiger partial charge on any atom is 0.251 e. The number of halogens is 2. The zero-order chi connectivity index (χ0) is 15.0. The van der Waals surface area contributed by atoms with E-state index in [9.17, 15) is 9.18 Å². The number of hydrogen-bond donors (Lipinski definition) is 1. The highest BCUT2D eigenvalue weighted by atomic mass is 35.5. The summed E-state index contributed by atoms with van der Waals surface area (Å²) in [6, 6.07) is 7.96. The van der Waals surface area contributed by atoms with Crippen LogP contribution in [0.1, 0.15) is 10.4 Å². The minimum absolute atomic E-state index is 0.0396. The molecule has 4 nitrogen and oxygen atoms in total. The summed E-state index contributed by atoms with van der Waals surface area (Å²) >= 11 is 6.02. The van der Waals surface area contributed by atoms with Crippen molar-refractivity contribution in [1.82, 2.24) is 14.9 Å². The minimum Gasteiger partial charge on any atom is -0.355 e. The molecule has 0 aliphatic heterocycles. The molecule has 3 rings (SSSR count). The van der Waals surface area contributed by atoms with Gasteiger partial charge in [0, 0.05) is 29.9 Å². The van der Waals surface area contributed by atoms with Gasteiger partial charge in [-0.3, -0.25) is 4.79 Å². The first-order valence-electron chi connectivity index (χ1n) is 6.25. The summed E-state index contributed by atoms with van der Waals surface area (Å²) in [5.41, 5.74) is 2.40. The number of carbonyl (C=O) groups excluding carboxylic acids is 1. The quantitative estimate of drug-likeness (QED) is 0.790. The second-order valence-corrected chi connectivity index (χ2v) is 4.86. The number of benzene rings is 1. The zero-order valence-electron chi connectivity index (χ0n) is 11.1. The summed E-state index contributed by atoms with van der Waals surface area (Å²) in [6.45, 7) is 0. The second kappa shape index (κ2) is 5.18. The predicted molar refractivity (Wildman–Crippen MR) is 79.0 cm³/mol. The number of hydrogen-bond acceptors (Lipinski definition) is 2. The summed E-state index contributed by atoms with van der Waals surface area (Å²) < 4.78 is 15.2. The van der Waals surface area contributed by atoms with Gasteiger partial charge in [0.15, 0.2) is 0 Å². The topological polar surface area (TPSA) is 46.4 Å². The zero-order valence-corrected chi connectivity index (χ0v) is 11.9. The average Bonchev–Trinajstić information content (AvgIpc) is 2.92. The van der Waals surface area contributed by atoms with Crippen molar-refractivity contribution in [1.29, 1.82) is 0 Å². The van der Waals surface area contributed by atoms with Crippen LogP contribution in [0, 0.1) is 5.82 Å². The van der Waals surface area contributed by atoms with Crippen molar-refractivity contribution in [2.75, 3.05) is 7.05 Å². The number of carbonyl (C=O) groups is 1. The number of nitrogens with zero attached hydrogens (tertiary/aromatic N) is 2. The standard InChI is InChI=1S/C15H11ClFN3O/c1-18-15(21)9-5-6-20-13(7-9)11(8-19-20)10-3-2-4-12(17)14(10)16/h2-8H,1H3,(H,18,21). The molecule has 1 N–H and O–H groups in total. The maximum atomic E-state index is 13.6.